The molecular weight excluding hydrogens is 318 g/mol. The summed E-state index contributed by atoms with van der Waals surface area (Å²) < 4.78 is 32.0. The normalized spacial score (nSPS) is 17.4. The molecule has 0 saturated heterocycles. The first-order valence-corrected chi connectivity index (χ1v) is 7.77. The highest BCUT2D eigenvalue weighted by atomic mass is 19.1. The number of amides is 1. The summed E-state index contributed by atoms with van der Waals surface area (Å²) in [4.78, 5) is 24.1. The van der Waals surface area contributed by atoms with E-state index in [1.165, 1.54) is 6.92 Å². The number of hydrogen-bond donors (Lipinski definition) is 1. The fourth-order valence-electron chi connectivity index (χ4n) is 2.72. The highest BCUT2D eigenvalue weighted by molar-refractivity contribution is 5.92. The van der Waals surface area contributed by atoms with Crippen molar-refractivity contribution >= 4 is 11.9 Å². The first-order valence-electron chi connectivity index (χ1n) is 7.77. The van der Waals surface area contributed by atoms with E-state index in [1.807, 2.05) is 0 Å². The van der Waals surface area contributed by atoms with Crippen molar-refractivity contribution in [3.8, 4) is 6.07 Å². The molecule has 2 rings (SSSR count). The summed E-state index contributed by atoms with van der Waals surface area (Å²) in [5.74, 6) is -4.05. The van der Waals surface area contributed by atoms with E-state index in [9.17, 15) is 23.6 Å². The van der Waals surface area contributed by atoms with Gasteiger partial charge in [-0.05, 0) is 31.9 Å². The Morgan fingerprint density at radius 1 is 1.25 bits per heavy atom. The molecule has 0 radical (unpaired) electrons. The van der Waals surface area contributed by atoms with Crippen molar-refractivity contribution in [2.45, 2.75) is 50.7 Å². The summed E-state index contributed by atoms with van der Waals surface area (Å²) in [6.45, 7) is 1.29. The van der Waals surface area contributed by atoms with Crippen LogP contribution in [0.15, 0.2) is 18.2 Å². The fraction of sp³-hybridized carbons (Fsp3) is 0.471. The number of nitriles is 1. The molecule has 1 aromatic rings. The molecule has 1 fully saturated rings. The first kappa shape index (κ1) is 17.9. The van der Waals surface area contributed by atoms with Gasteiger partial charge < -0.3 is 10.1 Å². The molecular formula is C17H18F2N2O3. The van der Waals surface area contributed by atoms with Gasteiger partial charge in [-0.15, -0.1) is 0 Å². The Bertz CT molecular complexity index is 659. The van der Waals surface area contributed by atoms with Gasteiger partial charge in [0.25, 0.3) is 5.91 Å². The van der Waals surface area contributed by atoms with Crippen LogP contribution in [0.25, 0.3) is 0 Å². The third kappa shape index (κ3) is 3.88. The molecule has 1 aliphatic rings. The summed E-state index contributed by atoms with van der Waals surface area (Å²) in [6.07, 6.45) is 2.42. The molecule has 0 spiro atoms. The maximum Gasteiger partial charge on any atom is 0.344 e. The zero-order valence-electron chi connectivity index (χ0n) is 13.3. The molecule has 7 heteroatoms. The smallest absolute Gasteiger partial charge is 0.344 e. The van der Waals surface area contributed by atoms with Gasteiger partial charge >= 0.3 is 5.97 Å². The highest BCUT2D eigenvalue weighted by Crippen LogP contribution is 2.27. The van der Waals surface area contributed by atoms with Crippen molar-refractivity contribution in [2.24, 2.45) is 0 Å². The molecule has 1 atom stereocenters. The van der Waals surface area contributed by atoms with Crippen molar-refractivity contribution in [3.05, 3.63) is 35.4 Å². The van der Waals surface area contributed by atoms with Crippen LogP contribution in [0, 0.1) is 23.0 Å². The number of carbonyl (C=O) groups is 2. The van der Waals surface area contributed by atoms with Gasteiger partial charge in [0.1, 0.15) is 22.7 Å². The number of benzene rings is 1. The van der Waals surface area contributed by atoms with Gasteiger partial charge in [-0.1, -0.05) is 25.3 Å². The number of rotatable bonds is 4. The number of nitrogens with one attached hydrogen (secondary N) is 1. The third-order valence-corrected chi connectivity index (χ3v) is 4.10. The molecule has 0 heterocycles. The average Bonchev–Trinajstić information content (AvgIpc) is 2.55. The quantitative estimate of drug-likeness (QED) is 0.858. The SMILES string of the molecule is C[C@H](OC(=O)c1c(F)cccc1F)C(=O)NC1(C#N)CCCCC1. The standard InChI is InChI=1S/C17H18F2N2O3/c1-11(15(22)21-17(10-20)8-3-2-4-9-17)24-16(23)14-12(18)6-5-7-13(14)19/h5-7,11H,2-4,8-9H2,1H3,(H,21,22)/t11-/m0/s1. The Hall–Kier alpha value is -2.49. The van der Waals surface area contributed by atoms with Crippen LogP contribution in [-0.4, -0.2) is 23.5 Å². The lowest BCUT2D eigenvalue weighted by Crippen LogP contribution is -2.52. The minimum Gasteiger partial charge on any atom is -0.449 e. The zero-order valence-corrected chi connectivity index (χ0v) is 13.3. The molecule has 5 nitrogen and oxygen atoms in total. The maximum absolute atomic E-state index is 13.6. The number of carbonyl (C=O) groups excluding carboxylic acids is 2. The van der Waals surface area contributed by atoms with E-state index >= 15 is 0 Å². The second-order valence-electron chi connectivity index (χ2n) is 5.89. The van der Waals surface area contributed by atoms with Crippen LogP contribution in [0.1, 0.15) is 49.4 Å². The summed E-state index contributed by atoms with van der Waals surface area (Å²) >= 11 is 0. The van der Waals surface area contributed by atoms with Crippen molar-refractivity contribution in [1.82, 2.24) is 5.32 Å². The van der Waals surface area contributed by atoms with E-state index in [-0.39, 0.29) is 0 Å². The molecule has 0 aromatic heterocycles. The minimum atomic E-state index is -1.27. The second-order valence-corrected chi connectivity index (χ2v) is 5.89. The van der Waals surface area contributed by atoms with Crippen LogP contribution < -0.4 is 5.32 Å². The van der Waals surface area contributed by atoms with E-state index < -0.39 is 40.7 Å². The van der Waals surface area contributed by atoms with Crippen molar-refractivity contribution in [1.29, 1.82) is 5.26 Å². The van der Waals surface area contributed by atoms with Gasteiger partial charge in [0, 0.05) is 0 Å². The molecule has 128 valence electrons. The Morgan fingerprint density at radius 2 is 1.83 bits per heavy atom. The largest absolute Gasteiger partial charge is 0.449 e. The molecule has 0 unspecified atom stereocenters. The zero-order chi connectivity index (χ0) is 17.7. The van der Waals surface area contributed by atoms with Crippen LogP contribution in [0.2, 0.25) is 0 Å². The van der Waals surface area contributed by atoms with Crippen molar-refractivity contribution in [3.63, 3.8) is 0 Å². The number of esters is 1. The number of hydrogen-bond acceptors (Lipinski definition) is 4. The number of halogens is 2. The van der Waals surface area contributed by atoms with E-state index in [2.05, 4.69) is 11.4 Å². The molecule has 1 amide bonds. The lowest BCUT2D eigenvalue weighted by atomic mass is 9.83. The van der Waals surface area contributed by atoms with Crippen LogP contribution in [0.3, 0.4) is 0 Å². The molecule has 1 aromatic carbocycles. The molecule has 1 aliphatic carbocycles. The molecule has 0 bridgehead atoms. The summed E-state index contributed by atoms with van der Waals surface area (Å²) in [6, 6.07) is 5.09. The van der Waals surface area contributed by atoms with E-state index in [1.54, 1.807) is 0 Å². The molecule has 0 aliphatic heterocycles. The van der Waals surface area contributed by atoms with Crippen LogP contribution in [0.5, 0.6) is 0 Å². The van der Waals surface area contributed by atoms with Crippen LogP contribution in [0.4, 0.5) is 8.78 Å². The van der Waals surface area contributed by atoms with Crippen molar-refractivity contribution < 1.29 is 23.1 Å². The van der Waals surface area contributed by atoms with Gasteiger partial charge in [0.05, 0.1) is 6.07 Å². The fourth-order valence-corrected chi connectivity index (χ4v) is 2.72. The Kier molecular flexibility index (Phi) is 5.50. The molecule has 1 saturated carbocycles. The van der Waals surface area contributed by atoms with Gasteiger partial charge in [-0.25, -0.2) is 13.6 Å². The molecule has 24 heavy (non-hydrogen) atoms. The predicted octanol–water partition coefficient (Wildman–Crippen LogP) is 2.85. The first-order chi connectivity index (χ1) is 11.4. The third-order valence-electron chi connectivity index (χ3n) is 4.10. The van der Waals surface area contributed by atoms with Gasteiger partial charge in [0.2, 0.25) is 0 Å². The lowest BCUT2D eigenvalue weighted by molar-refractivity contribution is -0.130. The highest BCUT2D eigenvalue weighted by Gasteiger charge is 2.35. The Morgan fingerprint density at radius 3 is 2.38 bits per heavy atom. The van der Waals surface area contributed by atoms with Gasteiger partial charge in [0.15, 0.2) is 6.10 Å². The van der Waals surface area contributed by atoms with E-state index in [0.29, 0.717) is 12.8 Å². The number of ether oxygens (including phenoxy) is 1. The van der Waals surface area contributed by atoms with E-state index in [0.717, 1.165) is 37.5 Å². The van der Waals surface area contributed by atoms with Crippen LogP contribution in [-0.2, 0) is 9.53 Å². The average molecular weight is 336 g/mol. The summed E-state index contributed by atoms with van der Waals surface area (Å²) in [7, 11) is 0. The van der Waals surface area contributed by atoms with Gasteiger partial charge in [-0.2, -0.15) is 5.26 Å². The predicted molar refractivity (Wildman–Crippen MR) is 80.8 cm³/mol. The summed E-state index contributed by atoms with van der Waals surface area (Å²) in [5, 5.41) is 11.9. The van der Waals surface area contributed by atoms with Crippen LogP contribution >= 0.6 is 0 Å². The minimum absolute atomic E-state index is 0.526. The lowest BCUT2D eigenvalue weighted by Gasteiger charge is -2.32. The Labute approximate surface area is 138 Å². The topological polar surface area (TPSA) is 79.2 Å². The second kappa shape index (κ2) is 7.39. The van der Waals surface area contributed by atoms with Gasteiger partial charge in [-0.3, -0.25) is 4.79 Å². The monoisotopic (exact) mass is 336 g/mol. The summed E-state index contributed by atoms with van der Waals surface area (Å²) in [5.41, 5.74) is -1.82. The van der Waals surface area contributed by atoms with Crippen molar-refractivity contribution in [2.75, 3.05) is 0 Å². The van der Waals surface area contributed by atoms with E-state index in [4.69, 9.17) is 4.74 Å². The Balaban J connectivity index is 2.03. The number of nitrogens with zero attached hydrogens (tertiary/aromatic N) is 1. The maximum atomic E-state index is 13.6. The molecule has 1 N–H and O–H groups in total.